The highest BCUT2D eigenvalue weighted by molar-refractivity contribution is 6.43. The fraction of sp³-hybridized carbons (Fsp3) is 0.176. The van der Waals surface area contributed by atoms with Gasteiger partial charge in [0.1, 0.15) is 12.3 Å². The summed E-state index contributed by atoms with van der Waals surface area (Å²) in [5.41, 5.74) is 0.335. The number of alkyl halides is 3. The van der Waals surface area contributed by atoms with Crippen molar-refractivity contribution in [3.63, 3.8) is 0 Å². The Labute approximate surface area is 172 Å². The Morgan fingerprint density at radius 3 is 2.18 bits per heavy atom. The molecule has 11 heteroatoms. The quantitative estimate of drug-likeness (QED) is 0.605. The fourth-order valence-corrected chi connectivity index (χ4v) is 2.53. The van der Waals surface area contributed by atoms with Crippen LogP contribution in [0.3, 0.4) is 0 Å². The van der Waals surface area contributed by atoms with Gasteiger partial charge in [0.2, 0.25) is 0 Å². The molecular formula is C17H12Cl3F3N2O3. The molecule has 2 N–H and O–H groups in total. The van der Waals surface area contributed by atoms with Crippen LogP contribution in [0.25, 0.3) is 0 Å². The van der Waals surface area contributed by atoms with Gasteiger partial charge in [0.05, 0.1) is 15.1 Å². The van der Waals surface area contributed by atoms with E-state index in [1.807, 2.05) is 0 Å². The number of carbonyl (C=O) groups excluding carboxylic acids is 2. The lowest BCUT2D eigenvalue weighted by Gasteiger charge is -2.11. The van der Waals surface area contributed by atoms with E-state index in [2.05, 4.69) is 5.32 Å². The Morgan fingerprint density at radius 2 is 1.57 bits per heavy atom. The van der Waals surface area contributed by atoms with Crippen molar-refractivity contribution in [3.05, 3.63) is 57.0 Å². The number of amides is 2. The molecule has 0 aliphatic rings. The Bertz CT molecular complexity index is 874. The summed E-state index contributed by atoms with van der Waals surface area (Å²) in [6.45, 7) is -1.82. The molecule has 0 aliphatic heterocycles. The molecule has 0 heterocycles. The van der Waals surface area contributed by atoms with Gasteiger partial charge in [0, 0.05) is 17.3 Å². The molecule has 2 rings (SSSR count). The van der Waals surface area contributed by atoms with E-state index >= 15 is 0 Å². The van der Waals surface area contributed by atoms with Crippen LogP contribution in [-0.4, -0.2) is 31.1 Å². The van der Waals surface area contributed by atoms with Gasteiger partial charge in [-0.25, -0.2) is 0 Å². The molecule has 0 radical (unpaired) electrons. The number of anilines is 1. The van der Waals surface area contributed by atoms with E-state index in [1.165, 1.54) is 36.4 Å². The van der Waals surface area contributed by atoms with Crippen LogP contribution in [0, 0.1) is 0 Å². The van der Waals surface area contributed by atoms with Crippen LogP contribution < -0.4 is 15.4 Å². The van der Waals surface area contributed by atoms with Crippen LogP contribution in [0.5, 0.6) is 5.75 Å². The zero-order valence-corrected chi connectivity index (χ0v) is 16.1. The molecule has 0 aliphatic carbocycles. The number of carbonyl (C=O) groups is 2. The van der Waals surface area contributed by atoms with Crippen LogP contribution in [0.4, 0.5) is 18.9 Å². The summed E-state index contributed by atoms with van der Waals surface area (Å²) < 4.78 is 41.6. The van der Waals surface area contributed by atoms with E-state index in [-0.39, 0.29) is 33.0 Å². The van der Waals surface area contributed by atoms with Gasteiger partial charge < -0.3 is 15.4 Å². The molecular weight excluding hydrogens is 444 g/mol. The third-order valence-corrected chi connectivity index (χ3v) is 4.23. The summed E-state index contributed by atoms with van der Waals surface area (Å²) in [6.07, 6.45) is -4.50. The van der Waals surface area contributed by atoms with Gasteiger partial charge in [0.15, 0.2) is 6.61 Å². The number of benzene rings is 2. The Morgan fingerprint density at radius 1 is 0.964 bits per heavy atom. The molecule has 2 aromatic carbocycles. The number of rotatable bonds is 6. The summed E-state index contributed by atoms with van der Waals surface area (Å²) in [7, 11) is 0. The molecule has 0 fully saturated rings. The van der Waals surface area contributed by atoms with Crippen LogP contribution in [0.1, 0.15) is 10.4 Å². The number of hydrogen-bond acceptors (Lipinski definition) is 3. The second kappa shape index (κ2) is 9.36. The van der Waals surface area contributed by atoms with E-state index in [1.54, 1.807) is 5.32 Å². The summed E-state index contributed by atoms with van der Waals surface area (Å²) in [4.78, 5) is 23.6. The molecule has 150 valence electrons. The minimum absolute atomic E-state index is 0.0149. The van der Waals surface area contributed by atoms with Crippen molar-refractivity contribution in [2.75, 3.05) is 18.5 Å². The minimum Gasteiger partial charge on any atom is -0.482 e. The summed E-state index contributed by atoms with van der Waals surface area (Å²) >= 11 is 17.6. The van der Waals surface area contributed by atoms with Crippen molar-refractivity contribution in [2.24, 2.45) is 0 Å². The average Bonchev–Trinajstić information content (AvgIpc) is 2.61. The van der Waals surface area contributed by atoms with Crippen LogP contribution in [0.2, 0.25) is 15.1 Å². The molecule has 0 spiro atoms. The van der Waals surface area contributed by atoms with E-state index < -0.39 is 24.5 Å². The molecule has 5 nitrogen and oxygen atoms in total. The third kappa shape index (κ3) is 6.78. The summed E-state index contributed by atoms with van der Waals surface area (Å²) in [5, 5.41) is 4.87. The predicted molar refractivity (Wildman–Crippen MR) is 100 cm³/mol. The topological polar surface area (TPSA) is 67.4 Å². The molecule has 0 saturated heterocycles. The van der Waals surface area contributed by atoms with Crippen molar-refractivity contribution < 1.29 is 27.5 Å². The van der Waals surface area contributed by atoms with Gasteiger partial charge >= 0.3 is 6.18 Å². The highest BCUT2D eigenvalue weighted by atomic mass is 35.5. The summed E-state index contributed by atoms with van der Waals surface area (Å²) in [5.74, 6) is -1.24. The Kier molecular flexibility index (Phi) is 7.40. The predicted octanol–water partition coefficient (Wildman–Crippen LogP) is 4.96. The molecule has 2 aromatic rings. The second-order valence-electron chi connectivity index (χ2n) is 5.41. The number of hydrogen-bond donors (Lipinski definition) is 2. The van der Waals surface area contributed by atoms with Gasteiger partial charge in [-0.05, 0) is 30.3 Å². The number of ether oxygens (including phenoxy) is 1. The Hall–Kier alpha value is -2.16. The van der Waals surface area contributed by atoms with Crippen molar-refractivity contribution in [2.45, 2.75) is 6.18 Å². The first-order chi connectivity index (χ1) is 13.0. The van der Waals surface area contributed by atoms with E-state index in [0.29, 0.717) is 5.69 Å². The summed E-state index contributed by atoms with van der Waals surface area (Å²) in [6, 6.07) is 8.03. The molecule has 0 unspecified atom stereocenters. The van der Waals surface area contributed by atoms with Crippen molar-refractivity contribution in [1.29, 1.82) is 0 Å². The number of halogens is 6. The minimum atomic E-state index is -4.50. The van der Waals surface area contributed by atoms with Gasteiger partial charge in [-0.15, -0.1) is 0 Å². The molecule has 0 aromatic heterocycles. The van der Waals surface area contributed by atoms with Gasteiger partial charge in [-0.1, -0.05) is 34.8 Å². The first kappa shape index (κ1) is 22.1. The van der Waals surface area contributed by atoms with Gasteiger partial charge in [-0.3, -0.25) is 9.59 Å². The van der Waals surface area contributed by atoms with E-state index in [9.17, 15) is 22.8 Å². The first-order valence-electron chi connectivity index (χ1n) is 7.57. The first-order valence-corrected chi connectivity index (χ1v) is 8.71. The second-order valence-corrected chi connectivity index (χ2v) is 6.63. The third-order valence-electron chi connectivity index (χ3n) is 3.21. The number of nitrogens with one attached hydrogen (secondary N) is 2. The maximum Gasteiger partial charge on any atom is 0.405 e. The molecule has 28 heavy (non-hydrogen) atoms. The monoisotopic (exact) mass is 454 g/mol. The largest absolute Gasteiger partial charge is 0.482 e. The van der Waals surface area contributed by atoms with E-state index in [4.69, 9.17) is 39.5 Å². The standard InChI is InChI=1S/C17H12Cl3F3N2O3/c18-11-5-13(20)14(6-12(11)19)28-7-15(26)25-10-3-1-9(2-4-10)16(27)24-8-17(21,22)23/h1-6H,7-8H2,(H,24,27)(H,25,26). The normalized spacial score (nSPS) is 11.1. The van der Waals surface area contributed by atoms with Crippen molar-refractivity contribution >= 4 is 52.3 Å². The highest BCUT2D eigenvalue weighted by Crippen LogP contribution is 2.33. The maximum atomic E-state index is 12.1. The van der Waals surface area contributed by atoms with Gasteiger partial charge in [-0.2, -0.15) is 13.2 Å². The zero-order chi connectivity index (χ0) is 20.9. The average molecular weight is 456 g/mol. The van der Waals surface area contributed by atoms with Crippen LogP contribution in [-0.2, 0) is 4.79 Å². The lowest BCUT2D eigenvalue weighted by Crippen LogP contribution is -2.33. The Balaban J connectivity index is 1.89. The lowest BCUT2D eigenvalue weighted by atomic mass is 10.2. The molecule has 0 bridgehead atoms. The van der Waals surface area contributed by atoms with Crippen LogP contribution >= 0.6 is 34.8 Å². The maximum absolute atomic E-state index is 12.1. The fourth-order valence-electron chi connectivity index (χ4n) is 1.94. The molecule has 0 atom stereocenters. The van der Waals surface area contributed by atoms with Crippen LogP contribution in [0.15, 0.2) is 36.4 Å². The van der Waals surface area contributed by atoms with E-state index in [0.717, 1.165) is 0 Å². The lowest BCUT2D eigenvalue weighted by molar-refractivity contribution is -0.123. The smallest absolute Gasteiger partial charge is 0.405 e. The SMILES string of the molecule is O=C(COc1cc(Cl)c(Cl)cc1Cl)Nc1ccc(C(=O)NCC(F)(F)F)cc1. The molecule has 0 saturated carbocycles. The highest BCUT2D eigenvalue weighted by Gasteiger charge is 2.27. The molecule has 2 amide bonds. The zero-order valence-electron chi connectivity index (χ0n) is 13.9. The van der Waals surface area contributed by atoms with Gasteiger partial charge in [0.25, 0.3) is 11.8 Å². The van der Waals surface area contributed by atoms with Crippen molar-refractivity contribution in [3.8, 4) is 5.75 Å². The van der Waals surface area contributed by atoms with Crippen molar-refractivity contribution in [1.82, 2.24) is 5.32 Å².